The first-order chi connectivity index (χ1) is 20.2. The minimum Gasteiger partial charge on any atom is -0.493 e. The molecule has 0 bridgehead atoms. The van der Waals surface area contributed by atoms with Gasteiger partial charge in [-0.2, -0.15) is 5.26 Å². The molecule has 9 heteroatoms. The fourth-order valence-electron chi connectivity index (χ4n) is 4.71. The van der Waals surface area contributed by atoms with Crippen LogP contribution in [0.4, 0.5) is 0 Å². The minimum absolute atomic E-state index is 0.0560. The largest absolute Gasteiger partial charge is 0.493 e. The standard InChI is InChI=1S/C33H33NO8/c1-19(2)41-27-12-11-24-20(3)25(13-21-7-9-22(17-34)10-8-21)33(36)42-31(24)26(27)18-40-30(35)16-23-14-28(37-4)32(39-6)29(15-23)38-5/h7-12,14-15,19H,13,16,18H2,1-6H3. The van der Waals surface area contributed by atoms with Gasteiger partial charge >= 0.3 is 11.6 Å². The first kappa shape index (κ1) is 30.0. The predicted molar refractivity (Wildman–Crippen MR) is 157 cm³/mol. The Bertz CT molecular complexity index is 1670. The fourth-order valence-corrected chi connectivity index (χ4v) is 4.71. The van der Waals surface area contributed by atoms with Crippen molar-refractivity contribution in [2.45, 2.75) is 46.3 Å². The molecular formula is C33H33NO8. The van der Waals surface area contributed by atoms with E-state index < -0.39 is 11.6 Å². The zero-order valence-corrected chi connectivity index (χ0v) is 24.5. The van der Waals surface area contributed by atoms with Crippen molar-refractivity contribution in [3.63, 3.8) is 0 Å². The van der Waals surface area contributed by atoms with Gasteiger partial charge in [-0.15, -0.1) is 0 Å². The molecule has 4 aromatic rings. The van der Waals surface area contributed by atoms with Crippen molar-refractivity contribution in [2.75, 3.05) is 21.3 Å². The van der Waals surface area contributed by atoms with Crippen molar-refractivity contribution in [2.24, 2.45) is 0 Å². The van der Waals surface area contributed by atoms with E-state index in [1.54, 1.807) is 30.3 Å². The summed E-state index contributed by atoms with van der Waals surface area (Å²) in [6, 6.07) is 16.2. The van der Waals surface area contributed by atoms with Crippen LogP contribution in [-0.4, -0.2) is 33.4 Å². The van der Waals surface area contributed by atoms with Crippen molar-refractivity contribution in [3.05, 3.63) is 92.3 Å². The molecule has 0 N–H and O–H groups in total. The maximum Gasteiger partial charge on any atom is 0.340 e. The van der Waals surface area contributed by atoms with Crippen LogP contribution in [0.1, 0.15) is 47.2 Å². The Balaban J connectivity index is 1.65. The number of benzene rings is 3. The van der Waals surface area contributed by atoms with E-state index in [9.17, 15) is 9.59 Å². The van der Waals surface area contributed by atoms with Crippen LogP contribution in [-0.2, 0) is 29.0 Å². The van der Waals surface area contributed by atoms with Crippen molar-refractivity contribution >= 4 is 16.9 Å². The molecule has 218 valence electrons. The van der Waals surface area contributed by atoms with Gasteiger partial charge in [-0.05, 0) is 73.9 Å². The lowest BCUT2D eigenvalue weighted by atomic mass is 9.97. The second-order valence-electron chi connectivity index (χ2n) is 9.94. The van der Waals surface area contributed by atoms with Crippen LogP contribution in [0.2, 0.25) is 0 Å². The topological polar surface area (TPSA) is 117 Å². The third-order valence-corrected chi connectivity index (χ3v) is 6.79. The SMILES string of the molecule is COc1cc(CC(=O)OCc2c(OC(C)C)ccc3c(C)c(Cc4ccc(C#N)cc4)c(=O)oc23)cc(OC)c1OC. The predicted octanol–water partition coefficient (Wildman–Crippen LogP) is 5.66. The van der Waals surface area contributed by atoms with E-state index in [0.29, 0.717) is 62.6 Å². The lowest BCUT2D eigenvalue weighted by Gasteiger charge is -2.17. The normalized spacial score (nSPS) is 10.8. The monoisotopic (exact) mass is 571 g/mol. The molecule has 0 amide bonds. The van der Waals surface area contributed by atoms with Gasteiger partial charge in [-0.25, -0.2) is 4.79 Å². The van der Waals surface area contributed by atoms with Gasteiger partial charge in [0.1, 0.15) is 17.9 Å². The van der Waals surface area contributed by atoms with Crippen LogP contribution in [0.5, 0.6) is 23.0 Å². The molecule has 0 spiro atoms. The van der Waals surface area contributed by atoms with Gasteiger partial charge in [-0.1, -0.05) is 12.1 Å². The number of carbonyl (C=O) groups excluding carboxylic acids is 1. The molecule has 0 unspecified atom stereocenters. The molecule has 1 aromatic heterocycles. The number of nitriles is 1. The van der Waals surface area contributed by atoms with E-state index in [0.717, 1.165) is 11.1 Å². The molecule has 0 fully saturated rings. The van der Waals surface area contributed by atoms with E-state index in [-0.39, 0.29) is 19.1 Å². The van der Waals surface area contributed by atoms with Crippen LogP contribution in [0, 0.1) is 18.3 Å². The number of rotatable bonds is 11. The smallest absolute Gasteiger partial charge is 0.340 e. The number of ether oxygens (including phenoxy) is 5. The third-order valence-electron chi connectivity index (χ3n) is 6.79. The number of methoxy groups -OCH3 is 3. The summed E-state index contributed by atoms with van der Waals surface area (Å²) < 4.78 is 33.6. The molecule has 0 aliphatic carbocycles. The van der Waals surface area contributed by atoms with Crippen molar-refractivity contribution in [3.8, 4) is 29.1 Å². The number of hydrogen-bond acceptors (Lipinski definition) is 9. The summed E-state index contributed by atoms with van der Waals surface area (Å²) >= 11 is 0. The molecule has 9 nitrogen and oxygen atoms in total. The van der Waals surface area contributed by atoms with Crippen molar-refractivity contribution in [1.29, 1.82) is 5.26 Å². The second-order valence-corrected chi connectivity index (χ2v) is 9.94. The van der Waals surface area contributed by atoms with E-state index in [2.05, 4.69) is 6.07 Å². The van der Waals surface area contributed by atoms with Gasteiger partial charge < -0.3 is 28.1 Å². The summed E-state index contributed by atoms with van der Waals surface area (Å²) in [4.78, 5) is 26.2. The Morgan fingerprint density at radius 1 is 0.905 bits per heavy atom. The third kappa shape index (κ3) is 6.50. The van der Waals surface area contributed by atoms with E-state index >= 15 is 0 Å². The zero-order chi connectivity index (χ0) is 30.4. The highest BCUT2D eigenvalue weighted by atomic mass is 16.5. The molecule has 0 radical (unpaired) electrons. The number of fused-ring (bicyclic) bond motifs is 1. The van der Waals surface area contributed by atoms with Gasteiger partial charge in [0, 0.05) is 17.4 Å². The number of carbonyl (C=O) groups is 1. The molecule has 3 aromatic carbocycles. The number of nitrogens with zero attached hydrogens (tertiary/aromatic N) is 1. The van der Waals surface area contributed by atoms with Gasteiger partial charge in [0.15, 0.2) is 11.5 Å². The average Bonchev–Trinajstić information content (AvgIpc) is 2.98. The first-order valence-electron chi connectivity index (χ1n) is 13.4. The number of esters is 1. The highest BCUT2D eigenvalue weighted by Gasteiger charge is 2.21. The van der Waals surface area contributed by atoms with Gasteiger partial charge in [0.2, 0.25) is 5.75 Å². The lowest BCUT2D eigenvalue weighted by Crippen LogP contribution is -2.14. The van der Waals surface area contributed by atoms with Gasteiger partial charge in [-0.3, -0.25) is 4.79 Å². The van der Waals surface area contributed by atoms with Crippen molar-refractivity contribution < 1.29 is 32.9 Å². The quantitative estimate of drug-likeness (QED) is 0.166. The molecule has 4 rings (SSSR count). The lowest BCUT2D eigenvalue weighted by molar-refractivity contribution is -0.144. The summed E-state index contributed by atoms with van der Waals surface area (Å²) in [6.07, 6.45) is 0.123. The molecule has 0 atom stereocenters. The van der Waals surface area contributed by atoms with Crippen LogP contribution in [0.3, 0.4) is 0 Å². The number of hydrogen-bond donors (Lipinski definition) is 0. The minimum atomic E-state index is -0.506. The Labute approximate surface area is 244 Å². The Kier molecular flexibility index (Phi) is 9.38. The van der Waals surface area contributed by atoms with E-state index in [4.69, 9.17) is 33.4 Å². The maximum absolute atomic E-state index is 13.2. The summed E-state index contributed by atoms with van der Waals surface area (Å²) in [5, 5.41) is 9.78. The van der Waals surface area contributed by atoms with E-state index in [1.165, 1.54) is 21.3 Å². The summed E-state index contributed by atoms with van der Waals surface area (Å²) in [5.41, 5.74) is 3.58. The number of aryl methyl sites for hydroxylation is 1. The van der Waals surface area contributed by atoms with Crippen molar-refractivity contribution in [1.82, 2.24) is 0 Å². The Morgan fingerprint density at radius 2 is 1.57 bits per heavy atom. The first-order valence-corrected chi connectivity index (χ1v) is 13.4. The second kappa shape index (κ2) is 13.1. The Morgan fingerprint density at radius 3 is 2.14 bits per heavy atom. The highest BCUT2D eigenvalue weighted by molar-refractivity contribution is 5.86. The molecule has 0 aliphatic heterocycles. The van der Waals surface area contributed by atoms with Crippen LogP contribution in [0.25, 0.3) is 11.0 Å². The molecule has 42 heavy (non-hydrogen) atoms. The average molecular weight is 572 g/mol. The molecule has 1 heterocycles. The summed E-state index contributed by atoms with van der Waals surface area (Å²) in [5.74, 6) is 1.23. The Hall–Kier alpha value is -4.97. The molecule has 0 saturated carbocycles. The summed E-state index contributed by atoms with van der Waals surface area (Å²) in [6.45, 7) is 5.46. The van der Waals surface area contributed by atoms with Gasteiger partial charge in [0.05, 0.1) is 51.1 Å². The zero-order valence-electron chi connectivity index (χ0n) is 24.5. The van der Waals surface area contributed by atoms with Crippen LogP contribution < -0.4 is 24.6 Å². The van der Waals surface area contributed by atoms with Gasteiger partial charge in [0.25, 0.3) is 0 Å². The fraction of sp³-hybridized carbons (Fsp3) is 0.303. The van der Waals surface area contributed by atoms with Crippen LogP contribution in [0.15, 0.2) is 57.7 Å². The summed E-state index contributed by atoms with van der Waals surface area (Å²) in [7, 11) is 4.51. The maximum atomic E-state index is 13.2. The highest BCUT2D eigenvalue weighted by Crippen LogP contribution is 2.38. The van der Waals surface area contributed by atoms with Crippen LogP contribution >= 0.6 is 0 Å². The molecular weight excluding hydrogens is 538 g/mol. The molecule has 0 aliphatic rings. The molecule has 0 saturated heterocycles. The van der Waals surface area contributed by atoms with E-state index in [1.807, 2.05) is 39.0 Å².